The van der Waals surface area contributed by atoms with Gasteiger partial charge < -0.3 is 5.32 Å². The van der Waals surface area contributed by atoms with Gasteiger partial charge in [0.05, 0.1) is 5.69 Å². The number of fused-ring (bicyclic) bond motifs is 1. The summed E-state index contributed by atoms with van der Waals surface area (Å²) in [7, 11) is 1.69. The molecule has 0 radical (unpaired) electrons. The maximum atomic E-state index is 12.0. The predicted molar refractivity (Wildman–Crippen MR) is 58.0 cm³/mol. The third-order valence-corrected chi connectivity index (χ3v) is 2.75. The monoisotopic (exact) mass is 222 g/mol. The molecule has 2 amide bonds. The minimum Gasteiger partial charge on any atom is -0.347 e. The van der Waals surface area contributed by atoms with Gasteiger partial charge in [-0.1, -0.05) is 0 Å². The van der Waals surface area contributed by atoms with Crippen molar-refractivity contribution < 1.29 is 9.59 Å². The summed E-state index contributed by atoms with van der Waals surface area (Å²) in [4.78, 5) is 23.9. The molecule has 1 unspecified atom stereocenters. The summed E-state index contributed by atoms with van der Waals surface area (Å²) in [5.41, 5.74) is 0.886. The van der Waals surface area contributed by atoms with Crippen molar-refractivity contribution in [2.24, 2.45) is 0 Å². The zero-order valence-electron chi connectivity index (χ0n) is 9.30. The summed E-state index contributed by atoms with van der Waals surface area (Å²) in [6, 6.07) is 1.41. The van der Waals surface area contributed by atoms with Crippen LogP contribution in [0.15, 0.2) is 6.07 Å². The van der Waals surface area contributed by atoms with Crippen molar-refractivity contribution in [1.29, 1.82) is 0 Å². The highest BCUT2D eigenvalue weighted by atomic mass is 16.2. The minimum atomic E-state index is -0.454. The van der Waals surface area contributed by atoms with Gasteiger partial charge in [-0.2, -0.15) is 5.10 Å². The summed E-state index contributed by atoms with van der Waals surface area (Å²) in [5.74, 6) is 0.670. The Bertz CT molecular complexity index is 426. The molecule has 0 bridgehead atoms. The lowest BCUT2D eigenvalue weighted by Gasteiger charge is -2.18. The van der Waals surface area contributed by atoms with E-state index >= 15 is 0 Å². The Morgan fingerprint density at radius 2 is 2.38 bits per heavy atom. The Labute approximate surface area is 93.2 Å². The molecule has 1 N–H and O–H groups in total. The zero-order valence-corrected chi connectivity index (χ0v) is 9.30. The van der Waals surface area contributed by atoms with E-state index in [1.165, 1.54) is 4.90 Å². The Balaban J connectivity index is 2.31. The third kappa shape index (κ3) is 1.66. The highest BCUT2D eigenvalue weighted by Crippen LogP contribution is 2.20. The van der Waals surface area contributed by atoms with Crippen molar-refractivity contribution in [3.63, 3.8) is 0 Å². The van der Waals surface area contributed by atoms with Gasteiger partial charge in [0, 0.05) is 19.7 Å². The Morgan fingerprint density at radius 3 is 3.06 bits per heavy atom. The second-order valence-electron chi connectivity index (χ2n) is 3.89. The fourth-order valence-electron chi connectivity index (χ4n) is 1.92. The van der Waals surface area contributed by atoms with E-state index in [0.29, 0.717) is 19.4 Å². The van der Waals surface area contributed by atoms with Crippen molar-refractivity contribution in [1.82, 2.24) is 15.1 Å². The fraction of sp³-hybridized carbons (Fsp3) is 0.500. The van der Waals surface area contributed by atoms with Crippen molar-refractivity contribution in [3.05, 3.63) is 11.8 Å². The molecule has 1 aliphatic heterocycles. The molecule has 86 valence electrons. The van der Waals surface area contributed by atoms with E-state index < -0.39 is 6.04 Å². The van der Waals surface area contributed by atoms with E-state index in [0.717, 1.165) is 11.5 Å². The van der Waals surface area contributed by atoms with E-state index in [1.54, 1.807) is 11.7 Å². The van der Waals surface area contributed by atoms with Gasteiger partial charge in [-0.15, -0.1) is 0 Å². The number of carbonyl (C=O) groups excluding carboxylic acids is 2. The molecule has 0 aromatic carbocycles. The van der Waals surface area contributed by atoms with Gasteiger partial charge in [0.1, 0.15) is 11.9 Å². The van der Waals surface area contributed by atoms with E-state index in [1.807, 2.05) is 13.0 Å². The molecule has 0 fully saturated rings. The molecule has 2 rings (SSSR count). The molecule has 1 atom stereocenters. The maximum absolute atomic E-state index is 12.0. The van der Waals surface area contributed by atoms with Crippen LogP contribution in [0.4, 0.5) is 5.82 Å². The van der Waals surface area contributed by atoms with Gasteiger partial charge in [-0.3, -0.25) is 14.5 Å². The summed E-state index contributed by atoms with van der Waals surface area (Å²) in [5, 5.41) is 6.83. The number of aryl methyl sites for hydroxylation is 2. The van der Waals surface area contributed by atoms with E-state index in [4.69, 9.17) is 0 Å². The molecule has 2 heterocycles. The molecule has 6 heteroatoms. The van der Waals surface area contributed by atoms with Crippen molar-refractivity contribution in [3.8, 4) is 0 Å². The van der Waals surface area contributed by atoms with Gasteiger partial charge in [-0.05, 0) is 13.3 Å². The Hall–Kier alpha value is -1.85. The molecule has 0 saturated heterocycles. The number of anilines is 1. The van der Waals surface area contributed by atoms with Crippen LogP contribution in [0.2, 0.25) is 0 Å². The van der Waals surface area contributed by atoms with Crippen LogP contribution in [0.5, 0.6) is 0 Å². The first-order valence-corrected chi connectivity index (χ1v) is 5.15. The lowest BCUT2D eigenvalue weighted by molar-refractivity contribution is -0.122. The second-order valence-corrected chi connectivity index (χ2v) is 3.89. The Morgan fingerprint density at radius 1 is 1.62 bits per heavy atom. The van der Waals surface area contributed by atoms with Gasteiger partial charge in [0.15, 0.2) is 0 Å². The molecular weight excluding hydrogens is 208 g/mol. The quantitative estimate of drug-likeness (QED) is 0.697. The summed E-state index contributed by atoms with van der Waals surface area (Å²) < 4.78 is 1.79. The number of aromatic nitrogens is 2. The van der Waals surface area contributed by atoms with E-state index in [9.17, 15) is 9.59 Å². The predicted octanol–water partition coefficient (Wildman–Crippen LogP) is -0.327. The number of hydrogen-bond donors (Lipinski definition) is 1. The Kier molecular flexibility index (Phi) is 2.64. The van der Waals surface area contributed by atoms with Crippen molar-refractivity contribution >= 4 is 18.1 Å². The molecule has 0 saturated carbocycles. The molecular formula is C10H14N4O2. The number of rotatable bonds is 2. The first kappa shape index (κ1) is 10.7. The number of amides is 2. The van der Waals surface area contributed by atoms with Gasteiger partial charge in [-0.25, -0.2) is 4.68 Å². The van der Waals surface area contributed by atoms with Crippen LogP contribution in [0.1, 0.15) is 12.1 Å². The SMILES string of the molecule is Cc1cc2n(n1)CCC(NC=O)C(=O)N2C. The van der Waals surface area contributed by atoms with E-state index in [2.05, 4.69) is 10.4 Å². The van der Waals surface area contributed by atoms with Crippen LogP contribution < -0.4 is 10.2 Å². The summed E-state index contributed by atoms with van der Waals surface area (Å²) in [6.07, 6.45) is 1.13. The number of nitrogens with one attached hydrogen (secondary N) is 1. The van der Waals surface area contributed by atoms with Crippen LogP contribution in [0.25, 0.3) is 0 Å². The van der Waals surface area contributed by atoms with Crippen molar-refractivity contribution in [2.75, 3.05) is 11.9 Å². The topological polar surface area (TPSA) is 67.2 Å². The molecule has 1 aromatic heterocycles. The van der Waals surface area contributed by atoms with Gasteiger partial charge in [0.25, 0.3) is 5.91 Å². The first-order valence-electron chi connectivity index (χ1n) is 5.15. The van der Waals surface area contributed by atoms with E-state index in [-0.39, 0.29) is 5.91 Å². The fourth-order valence-corrected chi connectivity index (χ4v) is 1.92. The van der Waals surface area contributed by atoms with Crippen LogP contribution in [-0.4, -0.2) is 35.2 Å². The number of likely N-dealkylation sites (N-methyl/N-ethyl adjacent to an activating group) is 1. The lowest BCUT2D eigenvalue weighted by atomic mass is 10.2. The van der Waals surface area contributed by atoms with Crippen LogP contribution >= 0.6 is 0 Å². The molecule has 16 heavy (non-hydrogen) atoms. The highest BCUT2D eigenvalue weighted by molar-refractivity contribution is 5.97. The number of nitrogens with zero attached hydrogens (tertiary/aromatic N) is 3. The second kappa shape index (κ2) is 3.96. The summed E-state index contributed by atoms with van der Waals surface area (Å²) >= 11 is 0. The average Bonchev–Trinajstić information content (AvgIpc) is 2.59. The summed E-state index contributed by atoms with van der Waals surface area (Å²) in [6.45, 7) is 2.52. The van der Waals surface area contributed by atoms with Gasteiger partial charge >= 0.3 is 0 Å². The maximum Gasteiger partial charge on any atom is 0.250 e. The smallest absolute Gasteiger partial charge is 0.250 e. The number of carbonyl (C=O) groups is 2. The standard InChI is InChI=1S/C10H14N4O2/c1-7-5-9-13(2)10(16)8(11-6-15)3-4-14(9)12-7/h5-6,8H,3-4H2,1-2H3,(H,11,15). The largest absolute Gasteiger partial charge is 0.347 e. The van der Waals surface area contributed by atoms with Crippen LogP contribution in [0.3, 0.4) is 0 Å². The molecule has 0 aliphatic carbocycles. The third-order valence-electron chi connectivity index (χ3n) is 2.75. The highest BCUT2D eigenvalue weighted by Gasteiger charge is 2.28. The van der Waals surface area contributed by atoms with Gasteiger partial charge in [0.2, 0.25) is 6.41 Å². The number of hydrogen-bond acceptors (Lipinski definition) is 3. The molecule has 6 nitrogen and oxygen atoms in total. The first-order chi connectivity index (χ1) is 7.63. The zero-order chi connectivity index (χ0) is 11.7. The normalized spacial score (nSPS) is 20.2. The van der Waals surface area contributed by atoms with Crippen LogP contribution in [0, 0.1) is 6.92 Å². The molecule has 0 spiro atoms. The average molecular weight is 222 g/mol. The minimum absolute atomic E-state index is 0.106. The molecule has 1 aliphatic rings. The lowest BCUT2D eigenvalue weighted by Crippen LogP contribution is -2.43. The molecule has 1 aromatic rings. The van der Waals surface area contributed by atoms with Crippen molar-refractivity contribution in [2.45, 2.75) is 25.9 Å². The van der Waals surface area contributed by atoms with Crippen LogP contribution in [-0.2, 0) is 16.1 Å².